The zero-order valence-electron chi connectivity index (χ0n) is 15.4. The van der Waals surface area contributed by atoms with Gasteiger partial charge in [-0.15, -0.1) is 0 Å². The number of morpholine rings is 1. The van der Waals surface area contributed by atoms with E-state index in [4.69, 9.17) is 19.3 Å². The lowest BCUT2D eigenvalue weighted by Gasteiger charge is -2.33. The summed E-state index contributed by atoms with van der Waals surface area (Å²) < 4.78 is 16.2. The minimum atomic E-state index is -1.10. The molecule has 27 heavy (non-hydrogen) atoms. The van der Waals surface area contributed by atoms with Crippen molar-refractivity contribution >= 4 is 17.8 Å². The molecule has 9 heteroatoms. The highest BCUT2D eigenvalue weighted by molar-refractivity contribution is 5.95. The Morgan fingerprint density at radius 3 is 2.74 bits per heavy atom. The Labute approximate surface area is 157 Å². The summed E-state index contributed by atoms with van der Waals surface area (Å²) in [5.41, 5.74) is 0.404. The van der Waals surface area contributed by atoms with Crippen LogP contribution < -0.4 is 14.8 Å². The number of nitrogens with zero attached hydrogens (tertiary/aromatic N) is 1. The third-order valence-corrected chi connectivity index (χ3v) is 3.85. The third-order valence-electron chi connectivity index (χ3n) is 3.85. The van der Waals surface area contributed by atoms with E-state index in [2.05, 4.69) is 5.32 Å². The first-order chi connectivity index (χ1) is 12.9. The van der Waals surface area contributed by atoms with Crippen LogP contribution in [0.2, 0.25) is 0 Å². The summed E-state index contributed by atoms with van der Waals surface area (Å²) in [6.45, 7) is 4.58. The van der Waals surface area contributed by atoms with Crippen LogP contribution in [0.25, 0.3) is 0 Å². The van der Waals surface area contributed by atoms with E-state index in [9.17, 15) is 14.4 Å². The number of aliphatic carboxylic acids is 1. The molecule has 9 nitrogen and oxygen atoms in total. The van der Waals surface area contributed by atoms with Crippen LogP contribution in [0.15, 0.2) is 18.2 Å². The van der Waals surface area contributed by atoms with Gasteiger partial charge in [-0.3, -0.25) is 9.59 Å². The van der Waals surface area contributed by atoms with Crippen molar-refractivity contribution in [1.29, 1.82) is 0 Å². The van der Waals surface area contributed by atoms with E-state index >= 15 is 0 Å². The van der Waals surface area contributed by atoms with Crippen LogP contribution in [-0.4, -0.2) is 73.3 Å². The molecule has 0 bridgehead atoms. The monoisotopic (exact) mass is 380 g/mol. The lowest BCUT2D eigenvalue weighted by atomic mass is 10.1. The lowest BCUT2D eigenvalue weighted by Crippen LogP contribution is -2.49. The van der Waals surface area contributed by atoms with Crippen LogP contribution in [0.4, 0.5) is 0 Å². The largest absolute Gasteiger partial charge is 0.490 e. The number of benzene rings is 1. The van der Waals surface area contributed by atoms with Gasteiger partial charge in [0.05, 0.1) is 19.3 Å². The number of hydrogen-bond acceptors (Lipinski definition) is 6. The number of amides is 2. The molecule has 0 radical (unpaired) electrons. The fourth-order valence-corrected chi connectivity index (χ4v) is 2.64. The highest BCUT2D eigenvalue weighted by Gasteiger charge is 2.26. The predicted octanol–water partition coefficient (Wildman–Crippen LogP) is 0.526. The molecule has 1 heterocycles. The minimum Gasteiger partial charge on any atom is -0.490 e. The van der Waals surface area contributed by atoms with Crippen molar-refractivity contribution in [2.24, 2.45) is 0 Å². The molecule has 1 aromatic carbocycles. The molecule has 0 spiro atoms. The number of carboxylic acids is 1. The first kappa shape index (κ1) is 20.5. The van der Waals surface area contributed by atoms with E-state index < -0.39 is 12.6 Å². The molecule has 1 unspecified atom stereocenters. The first-order valence-electron chi connectivity index (χ1n) is 8.67. The van der Waals surface area contributed by atoms with Gasteiger partial charge in [-0.25, -0.2) is 4.79 Å². The number of carbonyl (C=O) groups excluding carboxylic acids is 2. The molecule has 1 saturated heterocycles. The second-order valence-corrected chi connectivity index (χ2v) is 5.96. The Balaban J connectivity index is 2.09. The Morgan fingerprint density at radius 2 is 2.07 bits per heavy atom. The van der Waals surface area contributed by atoms with Gasteiger partial charge in [-0.1, -0.05) is 0 Å². The molecular weight excluding hydrogens is 356 g/mol. The lowest BCUT2D eigenvalue weighted by molar-refractivity contribution is -0.139. The SMILES string of the molecule is CCOc1cc(C(=O)N2CCOC(CNC(C)=O)C2)ccc1OCC(=O)O. The van der Waals surface area contributed by atoms with Gasteiger partial charge >= 0.3 is 5.97 Å². The maximum Gasteiger partial charge on any atom is 0.341 e. The molecule has 0 aliphatic carbocycles. The fraction of sp³-hybridized carbons (Fsp3) is 0.500. The Hall–Kier alpha value is -2.81. The van der Waals surface area contributed by atoms with E-state index in [1.54, 1.807) is 24.0 Å². The Kier molecular flexibility index (Phi) is 7.42. The van der Waals surface area contributed by atoms with Gasteiger partial charge in [0.25, 0.3) is 5.91 Å². The molecule has 1 aliphatic rings. The van der Waals surface area contributed by atoms with Crippen molar-refractivity contribution in [3.8, 4) is 11.5 Å². The molecule has 2 amide bonds. The number of carboxylic acid groups (broad SMARTS) is 1. The van der Waals surface area contributed by atoms with E-state index in [0.717, 1.165) is 0 Å². The van der Waals surface area contributed by atoms with Crippen LogP contribution in [0, 0.1) is 0 Å². The maximum absolute atomic E-state index is 12.8. The van der Waals surface area contributed by atoms with Gasteiger partial charge in [0.15, 0.2) is 18.1 Å². The summed E-state index contributed by atoms with van der Waals surface area (Å²) in [6.07, 6.45) is -0.267. The number of carbonyl (C=O) groups is 3. The average molecular weight is 380 g/mol. The topological polar surface area (TPSA) is 114 Å². The fourth-order valence-electron chi connectivity index (χ4n) is 2.64. The molecule has 1 fully saturated rings. The standard InChI is InChI=1S/C18H24N2O7/c1-3-25-16-8-13(4-5-15(16)27-11-17(22)23)18(24)20-6-7-26-14(10-20)9-19-12(2)21/h4-5,8,14H,3,6-7,9-11H2,1-2H3,(H,19,21)(H,22,23). The maximum atomic E-state index is 12.8. The van der Waals surface area contributed by atoms with E-state index in [-0.39, 0.29) is 23.7 Å². The van der Waals surface area contributed by atoms with Crippen molar-refractivity contribution in [1.82, 2.24) is 10.2 Å². The van der Waals surface area contributed by atoms with Crippen LogP contribution in [-0.2, 0) is 14.3 Å². The summed E-state index contributed by atoms with van der Waals surface area (Å²) >= 11 is 0. The summed E-state index contributed by atoms with van der Waals surface area (Å²) in [4.78, 5) is 36.2. The molecule has 0 saturated carbocycles. The molecule has 148 valence electrons. The Bertz CT molecular complexity index is 692. The normalized spacial score (nSPS) is 16.5. The van der Waals surface area contributed by atoms with Crippen molar-refractivity contribution in [3.63, 3.8) is 0 Å². The summed E-state index contributed by atoms with van der Waals surface area (Å²) in [7, 11) is 0. The van der Waals surface area contributed by atoms with E-state index in [1.165, 1.54) is 13.0 Å². The van der Waals surface area contributed by atoms with E-state index in [1.807, 2.05) is 0 Å². The van der Waals surface area contributed by atoms with Gasteiger partial charge in [-0.05, 0) is 25.1 Å². The van der Waals surface area contributed by atoms with Crippen LogP contribution in [0.1, 0.15) is 24.2 Å². The molecule has 1 aliphatic heterocycles. The van der Waals surface area contributed by atoms with Gasteiger partial charge < -0.3 is 29.5 Å². The minimum absolute atomic E-state index is 0.152. The zero-order chi connectivity index (χ0) is 19.8. The van der Waals surface area contributed by atoms with Crippen molar-refractivity contribution in [2.75, 3.05) is 39.5 Å². The number of ether oxygens (including phenoxy) is 3. The molecule has 1 atom stereocenters. The summed E-state index contributed by atoms with van der Waals surface area (Å²) in [5.74, 6) is -0.873. The smallest absolute Gasteiger partial charge is 0.341 e. The second-order valence-electron chi connectivity index (χ2n) is 5.96. The predicted molar refractivity (Wildman–Crippen MR) is 95.1 cm³/mol. The first-order valence-corrected chi connectivity index (χ1v) is 8.67. The van der Waals surface area contributed by atoms with Crippen molar-refractivity contribution in [2.45, 2.75) is 20.0 Å². The van der Waals surface area contributed by atoms with Crippen molar-refractivity contribution < 1.29 is 33.7 Å². The number of hydrogen-bond donors (Lipinski definition) is 2. The highest BCUT2D eigenvalue weighted by Crippen LogP contribution is 2.29. The molecule has 1 aromatic rings. The number of rotatable bonds is 8. The second kappa shape index (κ2) is 9.77. The number of nitrogens with one attached hydrogen (secondary N) is 1. The highest BCUT2D eigenvalue weighted by atomic mass is 16.5. The molecule has 0 aromatic heterocycles. The van der Waals surface area contributed by atoms with Crippen LogP contribution >= 0.6 is 0 Å². The van der Waals surface area contributed by atoms with Gasteiger partial charge in [0.1, 0.15) is 0 Å². The van der Waals surface area contributed by atoms with Gasteiger partial charge in [-0.2, -0.15) is 0 Å². The molecule has 2 N–H and O–H groups in total. The quantitative estimate of drug-likeness (QED) is 0.676. The summed E-state index contributed by atoms with van der Waals surface area (Å²) in [6, 6.07) is 4.64. The average Bonchev–Trinajstić information content (AvgIpc) is 2.65. The van der Waals surface area contributed by atoms with Crippen LogP contribution in [0.5, 0.6) is 11.5 Å². The Morgan fingerprint density at radius 1 is 1.30 bits per heavy atom. The zero-order valence-corrected chi connectivity index (χ0v) is 15.4. The summed E-state index contributed by atoms with van der Waals surface area (Å²) in [5, 5.41) is 11.4. The van der Waals surface area contributed by atoms with Crippen LogP contribution in [0.3, 0.4) is 0 Å². The molecule has 2 rings (SSSR count). The van der Waals surface area contributed by atoms with Crippen molar-refractivity contribution in [3.05, 3.63) is 23.8 Å². The van der Waals surface area contributed by atoms with Gasteiger partial charge in [0, 0.05) is 32.1 Å². The molecular formula is C18H24N2O7. The van der Waals surface area contributed by atoms with E-state index in [0.29, 0.717) is 44.2 Å². The third kappa shape index (κ3) is 6.14. The van der Waals surface area contributed by atoms with Gasteiger partial charge in [0.2, 0.25) is 5.91 Å².